The minimum atomic E-state index is -3.96. The van der Waals surface area contributed by atoms with Crippen molar-refractivity contribution in [1.82, 2.24) is 0 Å². The van der Waals surface area contributed by atoms with Gasteiger partial charge in [0.05, 0.1) is 14.9 Å². The molecule has 0 saturated heterocycles. The Kier molecular flexibility index (Phi) is 5.39. The molecule has 0 bridgehead atoms. The summed E-state index contributed by atoms with van der Waals surface area (Å²) in [6, 6.07) is 4.02. The first-order valence-corrected chi connectivity index (χ1v) is 10.7. The Balaban J connectivity index is 2.08. The van der Waals surface area contributed by atoms with E-state index in [9.17, 15) is 13.2 Å². The van der Waals surface area contributed by atoms with Gasteiger partial charge in [-0.1, -0.05) is 23.2 Å². The number of aryl methyl sites for hydroxylation is 1. The Labute approximate surface area is 165 Å². The predicted molar refractivity (Wildman–Crippen MR) is 102 cm³/mol. The molecule has 0 amide bonds. The van der Waals surface area contributed by atoms with Crippen LogP contribution in [0.3, 0.4) is 0 Å². The third kappa shape index (κ3) is 3.51. The van der Waals surface area contributed by atoms with E-state index in [-0.39, 0.29) is 25.7 Å². The smallest absolute Gasteiger partial charge is 0.449 e. The maximum atomic E-state index is 13.0. The number of carboxylic acid groups (broad SMARTS) is 1. The second-order valence-electron chi connectivity index (χ2n) is 5.76. The lowest BCUT2D eigenvalue weighted by molar-refractivity contribution is 0.144. The molecule has 0 aliphatic heterocycles. The van der Waals surface area contributed by atoms with Crippen LogP contribution in [0.25, 0.3) is 0 Å². The number of rotatable bonds is 4. The number of sulfonamides is 1. The monoisotopic (exact) mass is 435 g/mol. The first kappa shape index (κ1) is 19.3. The van der Waals surface area contributed by atoms with E-state index in [1.54, 1.807) is 0 Å². The summed E-state index contributed by atoms with van der Waals surface area (Å²) in [5.74, 6) is 0.100. The molecule has 0 unspecified atom stereocenters. The van der Waals surface area contributed by atoms with Gasteiger partial charge in [0.15, 0.2) is 5.75 Å². The maximum Gasteiger partial charge on any atom is 0.511 e. The third-order valence-corrected chi connectivity index (χ3v) is 8.09. The quantitative estimate of drug-likeness (QED) is 0.695. The molecule has 140 valence electrons. The lowest BCUT2D eigenvalue weighted by Crippen LogP contribution is -2.26. The van der Waals surface area contributed by atoms with Crippen LogP contribution in [0.1, 0.15) is 23.3 Å². The van der Waals surface area contributed by atoms with Crippen molar-refractivity contribution in [3.8, 4) is 5.75 Å². The van der Waals surface area contributed by atoms with Crippen LogP contribution >= 0.6 is 34.5 Å². The average molecular weight is 436 g/mol. The fourth-order valence-corrected chi connectivity index (χ4v) is 5.90. The Morgan fingerprint density at radius 3 is 2.58 bits per heavy atom. The molecule has 1 aromatic heterocycles. The van der Waals surface area contributed by atoms with Gasteiger partial charge in [-0.2, -0.15) is 0 Å². The SMILES string of the molecule is CN(c1sc2c(c1OC(=O)O)CCCC2)S(=O)(=O)c1ccc(Cl)c(Cl)c1. The summed E-state index contributed by atoms with van der Waals surface area (Å²) in [4.78, 5) is 12.0. The van der Waals surface area contributed by atoms with Crippen molar-refractivity contribution in [1.29, 1.82) is 0 Å². The lowest BCUT2D eigenvalue weighted by Gasteiger charge is -2.19. The van der Waals surface area contributed by atoms with E-state index >= 15 is 0 Å². The Morgan fingerprint density at radius 2 is 1.92 bits per heavy atom. The van der Waals surface area contributed by atoms with E-state index in [0.717, 1.165) is 34.0 Å². The van der Waals surface area contributed by atoms with Crippen LogP contribution in [0.2, 0.25) is 10.0 Å². The predicted octanol–water partition coefficient (Wildman–Crippen LogP) is 4.82. The number of benzene rings is 1. The number of fused-ring (bicyclic) bond motifs is 1. The number of ether oxygens (including phenoxy) is 1. The molecule has 1 N–H and O–H groups in total. The maximum absolute atomic E-state index is 13.0. The molecule has 2 aromatic rings. The van der Waals surface area contributed by atoms with Crippen LogP contribution in [0.15, 0.2) is 23.1 Å². The molecule has 10 heteroatoms. The van der Waals surface area contributed by atoms with Crippen LogP contribution in [0.5, 0.6) is 5.75 Å². The minimum Gasteiger partial charge on any atom is -0.449 e. The standard InChI is InChI=1S/C16H15Cl2NO5S2/c1-19(26(22,23)9-6-7-11(17)12(18)8-9)15-14(24-16(20)21)10-4-2-3-5-13(10)25-15/h6-8H,2-5H2,1H3,(H,20,21). The second-order valence-corrected chi connectivity index (χ2v) is 9.63. The fourth-order valence-electron chi connectivity index (χ4n) is 2.83. The van der Waals surface area contributed by atoms with Gasteiger partial charge in [-0.25, -0.2) is 13.2 Å². The van der Waals surface area contributed by atoms with Gasteiger partial charge in [0.1, 0.15) is 5.00 Å². The zero-order valence-electron chi connectivity index (χ0n) is 13.7. The van der Waals surface area contributed by atoms with Crippen LogP contribution in [0, 0.1) is 0 Å². The first-order valence-electron chi connectivity index (χ1n) is 7.71. The average Bonchev–Trinajstić information content (AvgIpc) is 2.94. The Hall–Kier alpha value is -1.48. The second kappa shape index (κ2) is 7.26. The number of carbonyl (C=O) groups is 1. The molecule has 26 heavy (non-hydrogen) atoms. The molecule has 6 nitrogen and oxygen atoms in total. The van der Waals surface area contributed by atoms with Gasteiger partial charge in [0.2, 0.25) is 0 Å². The van der Waals surface area contributed by atoms with Gasteiger partial charge < -0.3 is 9.84 Å². The van der Waals surface area contributed by atoms with E-state index in [0.29, 0.717) is 6.42 Å². The minimum absolute atomic E-state index is 0.0398. The number of thiophene rings is 1. The van der Waals surface area contributed by atoms with E-state index < -0.39 is 16.2 Å². The molecule has 3 rings (SSSR count). The van der Waals surface area contributed by atoms with E-state index in [4.69, 9.17) is 33.0 Å². The van der Waals surface area contributed by atoms with Gasteiger partial charge >= 0.3 is 6.16 Å². The molecule has 0 spiro atoms. The van der Waals surface area contributed by atoms with E-state index in [2.05, 4.69) is 0 Å². The van der Waals surface area contributed by atoms with Crippen molar-refractivity contribution in [2.24, 2.45) is 0 Å². The van der Waals surface area contributed by atoms with Crippen molar-refractivity contribution in [3.05, 3.63) is 38.7 Å². The normalized spacial score (nSPS) is 14.0. The lowest BCUT2D eigenvalue weighted by atomic mass is 9.99. The molecule has 1 aliphatic rings. The van der Waals surface area contributed by atoms with Crippen LogP contribution in [-0.4, -0.2) is 26.7 Å². The van der Waals surface area contributed by atoms with Crippen LogP contribution in [0.4, 0.5) is 9.80 Å². The number of halogens is 2. The van der Waals surface area contributed by atoms with Gasteiger partial charge in [-0.3, -0.25) is 4.31 Å². The van der Waals surface area contributed by atoms with Gasteiger partial charge in [-0.05, 0) is 43.9 Å². The van der Waals surface area contributed by atoms with Crippen molar-refractivity contribution < 1.29 is 23.1 Å². The van der Waals surface area contributed by atoms with E-state index in [1.807, 2.05) is 0 Å². The molecule has 0 radical (unpaired) electrons. The van der Waals surface area contributed by atoms with Crippen molar-refractivity contribution in [3.63, 3.8) is 0 Å². The number of hydrogen-bond donors (Lipinski definition) is 1. The van der Waals surface area contributed by atoms with Crippen molar-refractivity contribution in [2.75, 3.05) is 11.4 Å². The largest absolute Gasteiger partial charge is 0.511 e. The summed E-state index contributed by atoms with van der Waals surface area (Å²) >= 11 is 13.0. The third-order valence-electron chi connectivity index (χ3n) is 4.13. The summed E-state index contributed by atoms with van der Waals surface area (Å²) < 4.78 is 31.9. The van der Waals surface area contributed by atoms with Gasteiger partial charge in [-0.15, -0.1) is 11.3 Å². The molecular weight excluding hydrogens is 421 g/mol. The van der Waals surface area contributed by atoms with Crippen molar-refractivity contribution in [2.45, 2.75) is 30.6 Å². The molecule has 1 heterocycles. The summed E-state index contributed by atoms with van der Waals surface area (Å²) in [6.45, 7) is 0. The summed E-state index contributed by atoms with van der Waals surface area (Å²) in [5.41, 5.74) is 0.773. The van der Waals surface area contributed by atoms with Gasteiger partial charge in [0.25, 0.3) is 10.0 Å². The van der Waals surface area contributed by atoms with Crippen molar-refractivity contribution >= 4 is 55.7 Å². The number of hydrogen-bond acceptors (Lipinski definition) is 5. The topological polar surface area (TPSA) is 83.9 Å². The highest BCUT2D eigenvalue weighted by Crippen LogP contribution is 2.47. The molecular formula is C16H15Cl2NO5S2. The van der Waals surface area contributed by atoms with Gasteiger partial charge in [0, 0.05) is 17.5 Å². The molecule has 1 aliphatic carbocycles. The molecule has 1 aromatic carbocycles. The summed E-state index contributed by atoms with van der Waals surface area (Å²) in [5, 5.41) is 9.67. The Morgan fingerprint density at radius 1 is 1.23 bits per heavy atom. The molecule has 0 saturated carbocycles. The molecule has 0 fully saturated rings. The fraction of sp³-hybridized carbons (Fsp3) is 0.312. The zero-order valence-corrected chi connectivity index (χ0v) is 16.8. The first-order chi connectivity index (χ1) is 12.2. The summed E-state index contributed by atoms with van der Waals surface area (Å²) in [7, 11) is -2.60. The highest BCUT2D eigenvalue weighted by atomic mass is 35.5. The number of nitrogens with zero attached hydrogens (tertiary/aromatic N) is 1. The zero-order chi connectivity index (χ0) is 19.1. The van der Waals surface area contributed by atoms with Crippen LogP contribution < -0.4 is 9.04 Å². The summed E-state index contributed by atoms with van der Waals surface area (Å²) in [6.07, 6.45) is 1.84. The Bertz CT molecular complexity index is 971. The van der Waals surface area contributed by atoms with Crippen LogP contribution in [-0.2, 0) is 22.9 Å². The highest BCUT2D eigenvalue weighted by Gasteiger charge is 2.31. The highest BCUT2D eigenvalue weighted by molar-refractivity contribution is 7.93. The van der Waals surface area contributed by atoms with E-state index in [1.165, 1.54) is 36.6 Å². The number of anilines is 1. The molecule has 0 atom stereocenters.